The maximum Gasteiger partial charge on any atom is 0.251 e. The molecule has 90 valence electrons. The lowest BCUT2D eigenvalue weighted by Crippen LogP contribution is -2.38. The average molecular weight is 231 g/mol. The molecular formula is C14H17NO2. The molecule has 0 aliphatic heterocycles. The number of phenolic OH excluding ortho intramolecular Hbond substituents is 1. The van der Waals surface area contributed by atoms with E-state index in [0.717, 1.165) is 0 Å². The first-order valence-corrected chi connectivity index (χ1v) is 6.34. The molecule has 1 amide bonds. The van der Waals surface area contributed by atoms with Crippen molar-refractivity contribution in [1.82, 2.24) is 5.32 Å². The van der Waals surface area contributed by atoms with Crippen molar-refractivity contribution in [2.24, 2.45) is 11.8 Å². The van der Waals surface area contributed by atoms with Crippen molar-refractivity contribution in [2.45, 2.75) is 31.7 Å². The molecule has 0 heterocycles. The summed E-state index contributed by atoms with van der Waals surface area (Å²) in [5, 5.41) is 12.5. The van der Waals surface area contributed by atoms with Gasteiger partial charge in [0.05, 0.1) is 0 Å². The molecule has 0 spiro atoms. The normalized spacial score (nSPS) is 19.4. The van der Waals surface area contributed by atoms with E-state index in [2.05, 4.69) is 5.32 Å². The van der Waals surface area contributed by atoms with Crippen LogP contribution < -0.4 is 5.32 Å². The van der Waals surface area contributed by atoms with E-state index >= 15 is 0 Å². The van der Waals surface area contributed by atoms with Gasteiger partial charge in [-0.05, 0) is 55.7 Å². The Hall–Kier alpha value is -1.51. The van der Waals surface area contributed by atoms with E-state index in [4.69, 9.17) is 0 Å². The number of phenols is 1. The number of carbonyl (C=O) groups is 1. The molecule has 2 aliphatic carbocycles. The molecule has 0 radical (unpaired) electrons. The number of benzene rings is 1. The van der Waals surface area contributed by atoms with Gasteiger partial charge in [0.1, 0.15) is 5.75 Å². The summed E-state index contributed by atoms with van der Waals surface area (Å²) in [6.45, 7) is 0. The number of carbonyl (C=O) groups excluding carboxylic acids is 1. The van der Waals surface area contributed by atoms with Crippen molar-refractivity contribution in [3.05, 3.63) is 29.8 Å². The molecular weight excluding hydrogens is 214 g/mol. The van der Waals surface area contributed by atoms with Gasteiger partial charge in [-0.1, -0.05) is 6.07 Å². The smallest absolute Gasteiger partial charge is 0.251 e. The number of nitrogens with one attached hydrogen (secondary N) is 1. The van der Waals surface area contributed by atoms with Crippen LogP contribution in [-0.4, -0.2) is 17.1 Å². The Morgan fingerprint density at radius 2 is 1.88 bits per heavy atom. The zero-order valence-corrected chi connectivity index (χ0v) is 9.73. The third kappa shape index (κ3) is 2.43. The maximum absolute atomic E-state index is 12.0. The Labute approximate surface area is 101 Å². The van der Waals surface area contributed by atoms with Gasteiger partial charge in [-0.25, -0.2) is 0 Å². The van der Waals surface area contributed by atoms with Crippen LogP contribution in [0.2, 0.25) is 0 Å². The summed E-state index contributed by atoms with van der Waals surface area (Å²) in [6, 6.07) is 6.91. The second-order valence-corrected chi connectivity index (χ2v) is 5.22. The van der Waals surface area contributed by atoms with Gasteiger partial charge in [0, 0.05) is 11.6 Å². The zero-order valence-electron chi connectivity index (χ0n) is 9.73. The van der Waals surface area contributed by atoms with Crippen LogP contribution in [0, 0.1) is 11.8 Å². The minimum absolute atomic E-state index is 0.0512. The minimum atomic E-state index is -0.0512. The van der Waals surface area contributed by atoms with E-state index in [1.807, 2.05) is 0 Å². The Bertz CT molecular complexity index is 424. The van der Waals surface area contributed by atoms with E-state index in [9.17, 15) is 9.90 Å². The highest BCUT2D eigenvalue weighted by Gasteiger charge is 2.42. The van der Waals surface area contributed by atoms with E-state index in [0.29, 0.717) is 23.4 Å². The molecule has 0 aromatic heterocycles. The van der Waals surface area contributed by atoms with Gasteiger partial charge in [0.2, 0.25) is 0 Å². The van der Waals surface area contributed by atoms with Gasteiger partial charge in [0.15, 0.2) is 0 Å². The van der Waals surface area contributed by atoms with Crippen LogP contribution in [0.15, 0.2) is 24.3 Å². The van der Waals surface area contributed by atoms with Crippen molar-refractivity contribution >= 4 is 5.91 Å². The van der Waals surface area contributed by atoms with Crippen LogP contribution in [0.4, 0.5) is 0 Å². The van der Waals surface area contributed by atoms with Crippen LogP contribution in [0.25, 0.3) is 0 Å². The molecule has 1 aromatic carbocycles. The summed E-state index contributed by atoms with van der Waals surface area (Å²) in [5.74, 6) is 1.49. The predicted molar refractivity (Wildman–Crippen MR) is 64.8 cm³/mol. The highest BCUT2D eigenvalue weighted by molar-refractivity contribution is 5.94. The van der Waals surface area contributed by atoms with Crippen LogP contribution in [0.1, 0.15) is 36.0 Å². The Balaban J connectivity index is 1.69. The molecule has 3 heteroatoms. The number of aromatic hydroxyl groups is 1. The number of amides is 1. The molecule has 0 saturated heterocycles. The predicted octanol–water partition coefficient (Wildman–Crippen LogP) is 2.31. The topological polar surface area (TPSA) is 49.3 Å². The van der Waals surface area contributed by atoms with Crippen molar-refractivity contribution in [3.8, 4) is 5.75 Å². The minimum Gasteiger partial charge on any atom is -0.508 e. The second-order valence-electron chi connectivity index (χ2n) is 5.22. The molecule has 2 aliphatic rings. The Kier molecular flexibility index (Phi) is 2.54. The quantitative estimate of drug-likeness (QED) is 0.835. The zero-order chi connectivity index (χ0) is 11.8. The maximum atomic E-state index is 12.0. The Morgan fingerprint density at radius 3 is 2.41 bits per heavy atom. The van der Waals surface area contributed by atoms with Gasteiger partial charge in [-0.2, -0.15) is 0 Å². The van der Waals surface area contributed by atoms with Gasteiger partial charge >= 0.3 is 0 Å². The number of hydrogen-bond acceptors (Lipinski definition) is 2. The first-order chi connectivity index (χ1) is 8.24. The van der Waals surface area contributed by atoms with Crippen molar-refractivity contribution in [1.29, 1.82) is 0 Å². The molecule has 17 heavy (non-hydrogen) atoms. The molecule has 2 N–H and O–H groups in total. The van der Waals surface area contributed by atoms with Crippen molar-refractivity contribution in [3.63, 3.8) is 0 Å². The molecule has 2 fully saturated rings. The molecule has 3 rings (SSSR count). The van der Waals surface area contributed by atoms with E-state index in [1.165, 1.54) is 31.7 Å². The molecule has 0 atom stereocenters. The summed E-state index contributed by atoms with van der Waals surface area (Å²) < 4.78 is 0. The van der Waals surface area contributed by atoms with Gasteiger partial charge in [-0.15, -0.1) is 0 Å². The highest BCUT2D eigenvalue weighted by atomic mass is 16.3. The molecule has 3 nitrogen and oxygen atoms in total. The fourth-order valence-corrected chi connectivity index (χ4v) is 2.41. The molecule has 0 unspecified atom stereocenters. The summed E-state index contributed by atoms with van der Waals surface area (Å²) in [6.07, 6.45) is 5.01. The monoisotopic (exact) mass is 231 g/mol. The SMILES string of the molecule is O=C(NC(C1CC1)C1CC1)c1cccc(O)c1. The molecule has 0 bridgehead atoms. The van der Waals surface area contributed by atoms with Crippen LogP contribution >= 0.6 is 0 Å². The van der Waals surface area contributed by atoms with Gasteiger partial charge in [-0.3, -0.25) is 4.79 Å². The lowest BCUT2D eigenvalue weighted by atomic mass is 10.1. The highest BCUT2D eigenvalue weighted by Crippen LogP contribution is 2.44. The summed E-state index contributed by atoms with van der Waals surface area (Å²) in [5.41, 5.74) is 0.552. The fraction of sp³-hybridized carbons (Fsp3) is 0.500. The lowest BCUT2D eigenvalue weighted by molar-refractivity contribution is 0.0926. The fourth-order valence-electron chi connectivity index (χ4n) is 2.41. The summed E-state index contributed by atoms with van der Waals surface area (Å²) >= 11 is 0. The summed E-state index contributed by atoms with van der Waals surface area (Å²) in [7, 11) is 0. The molecule has 1 aromatic rings. The molecule has 2 saturated carbocycles. The first kappa shape index (κ1) is 10.6. The third-order valence-electron chi connectivity index (χ3n) is 3.67. The van der Waals surface area contributed by atoms with Crippen LogP contribution in [-0.2, 0) is 0 Å². The summed E-state index contributed by atoms with van der Waals surface area (Å²) in [4.78, 5) is 12.0. The lowest BCUT2D eigenvalue weighted by Gasteiger charge is -2.17. The van der Waals surface area contributed by atoms with E-state index < -0.39 is 0 Å². The number of hydrogen-bond donors (Lipinski definition) is 2. The first-order valence-electron chi connectivity index (χ1n) is 6.34. The van der Waals surface area contributed by atoms with Crippen molar-refractivity contribution < 1.29 is 9.90 Å². The second kappa shape index (κ2) is 4.06. The standard InChI is InChI=1S/C14H17NO2/c16-12-3-1-2-11(8-12)14(17)15-13(9-4-5-9)10-6-7-10/h1-3,8-10,13,16H,4-7H2,(H,15,17). The van der Waals surface area contributed by atoms with Crippen LogP contribution in [0.3, 0.4) is 0 Å². The van der Waals surface area contributed by atoms with Crippen LogP contribution in [0.5, 0.6) is 5.75 Å². The van der Waals surface area contributed by atoms with Crippen molar-refractivity contribution in [2.75, 3.05) is 0 Å². The van der Waals surface area contributed by atoms with Gasteiger partial charge in [0.25, 0.3) is 5.91 Å². The third-order valence-corrected chi connectivity index (χ3v) is 3.67. The van der Waals surface area contributed by atoms with Gasteiger partial charge < -0.3 is 10.4 Å². The number of rotatable bonds is 4. The van der Waals surface area contributed by atoms with E-state index in [-0.39, 0.29) is 11.7 Å². The Morgan fingerprint density at radius 1 is 1.24 bits per heavy atom. The average Bonchev–Trinajstić information content (AvgIpc) is 3.16. The van der Waals surface area contributed by atoms with E-state index in [1.54, 1.807) is 18.2 Å². The largest absolute Gasteiger partial charge is 0.508 e.